The molecule has 26 heavy (non-hydrogen) atoms. The van der Waals surface area contributed by atoms with Gasteiger partial charge in [-0.25, -0.2) is 0 Å². The van der Waals surface area contributed by atoms with E-state index in [0.717, 1.165) is 23.6 Å². The maximum atomic E-state index is 6.11. The van der Waals surface area contributed by atoms with Gasteiger partial charge in [0.15, 0.2) is 5.96 Å². The Kier molecular flexibility index (Phi) is 6.29. The van der Waals surface area contributed by atoms with E-state index >= 15 is 0 Å². The minimum absolute atomic E-state index is 0. The molecule has 0 aromatic carbocycles. The monoisotopic (exact) mass is 536 g/mol. The second-order valence-electron chi connectivity index (χ2n) is 7.97. The number of hydrogen-bond acceptors (Lipinski definition) is 2. The van der Waals surface area contributed by atoms with Gasteiger partial charge in [0.05, 0.1) is 12.6 Å². The zero-order valence-electron chi connectivity index (χ0n) is 15.9. The summed E-state index contributed by atoms with van der Waals surface area (Å²) >= 11 is 3.56. The molecule has 5 nitrogen and oxygen atoms in total. The number of guanidine groups is 1. The van der Waals surface area contributed by atoms with Crippen molar-refractivity contribution in [1.82, 2.24) is 14.8 Å². The smallest absolute Gasteiger partial charge is 0.193 e. The first-order valence-electron chi connectivity index (χ1n) is 9.42. The number of nitrogens with zero attached hydrogens (tertiary/aromatic N) is 3. The van der Waals surface area contributed by atoms with E-state index in [4.69, 9.17) is 4.74 Å². The number of aryl methyl sites for hydroxylation is 1. The highest BCUT2D eigenvalue weighted by Crippen LogP contribution is 2.60. The van der Waals surface area contributed by atoms with Crippen molar-refractivity contribution in [3.63, 3.8) is 0 Å². The third-order valence-corrected chi connectivity index (χ3v) is 7.05. The molecule has 1 aromatic rings. The number of hydrogen-bond donors (Lipinski definition) is 1. The highest BCUT2D eigenvalue weighted by Gasteiger charge is 2.65. The van der Waals surface area contributed by atoms with Crippen LogP contribution >= 0.6 is 39.9 Å². The van der Waals surface area contributed by atoms with Gasteiger partial charge in [0.2, 0.25) is 0 Å². The van der Waals surface area contributed by atoms with Gasteiger partial charge < -0.3 is 19.5 Å². The third kappa shape index (κ3) is 3.32. The minimum atomic E-state index is 0. The Hall–Kier alpha value is -0.280. The fraction of sp³-hybridized carbons (Fsp3) is 0.737. The third-order valence-electron chi connectivity index (χ3n) is 6.62. The molecule has 1 saturated heterocycles. The van der Waals surface area contributed by atoms with Gasteiger partial charge in [-0.1, -0.05) is 12.8 Å². The number of halogens is 2. The van der Waals surface area contributed by atoms with Crippen molar-refractivity contribution in [2.24, 2.45) is 23.4 Å². The summed E-state index contributed by atoms with van der Waals surface area (Å²) < 4.78 is 9.39. The van der Waals surface area contributed by atoms with Crippen molar-refractivity contribution < 1.29 is 4.74 Å². The lowest BCUT2D eigenvalue weighted by Crippen LogP contribution is -2.69. The first kappa shape index (κ1) is 20.5. The van der Waals surface area contributed by atoms with Crippen LogP contribution in [0.2, 0.25) is 0 Å². The molecule has 2 aliphatic carbocycles. The number of aromatic nitrogens is 1. The summed E-state index contributed by atoms with van der Waals surface area (Å²) in [6, 6.07) is 2.69. The predicted octanol–water partition coefficient (Wildman–Crippen LogP) is 3.76. The molecule has 7 heteroatoms. The molecule has 3 unspecified atom stereocenters. The van der Waals surface area contributed by atoms with Gasteiger partial charge in [-0.05, 0) is 41.3 Å². The molecular formula is C19H30BrIN4O. The van der Waals surface area contributed by atoms with Crippen LogP contribution in [0.3, 0.4) is 0 Å². The van der Waals surface area contributed by atoms with E-state index in [1.165, 1.54) is 37.8 Å². The molecule has 1 aliphatic heterocycles. The van der Waals surface area contributed by atoms with Crippen molar-refractivity contribution in [3.8, 4) is 0 Å². The zero-order chi connectivity index (χ0) is 17.6. The lowest BCUT2D eigenvalue weighted by molar-refractivity contribution is -0.125. The summed E-state index contributed by atoms with van der Waals surface area (Å²) in [4.78, 5) is 6.81. The number of rotatable bonds is 3. The van der Waals surface area contributed by atoms with Crippen LogP contribution in [0.5, 0.6) is 0 Å². The maximum absolute atomic E-state index is 6.11. The number of aliphatic imine (C=N–C) groups is 1. The van der Waals surface area contributed by atoms with E-state index in [0.29, 0.717) is 23.5 Å². The van der Waals surface area contributed by atoms with E-state index in [1.807, 2.05) is 7.05 Å². The highest BCUT2D eigenvalue weighted by atomic mass is 127. The van der Waals surface area contributed by atoms with E-state index in [2.05, 4.69) is 62.1 Å². The van der Waals surface area contributed by atoms with Crippen molar-refractivity contribution >= 4 is 45.9 Å². The first-order chi connectivity index (χ1) is 12.0. The molecule has 3 atom stereocenters. The zero-order valence-corrected chi connectivity index (χ0v) is 19.8. The second kappa shape index (κ2) is 7.99. The molecule has 0 amide bonds. The van der Waals surface area contributed by atoms with E-state index in [9.17, 15) is 0 Å². The van der Waals surface area contributed by atoms with Gasteiger partial charge in [-0.3, -0.25) is 4.99 Å². The van der Waals surface area contributed by atoms with Crippen molar-refractivity contribution in [1.29, 1.82) is 0 Å². The molecule has 3 fully saturated rings. The van der Waals surface area contributed by atoms with Crippen LogP contribution in [0.1, 0.15) is 37.8 Å². The van der Waals surface area contributed by atoms with Gasteiger partial charge in [0.25, 0.3) is 0 Å². The Bertz CT molecular complexity index is 670. The standard InChI is InChI=1S/C19H29BrN4O.HI/c1-21-18(24(3)12-14-10-13(20)11-23(14)2)22-16-15-6-9-25-17(15)19(16)7-4-5-8-19;/h10-11,15-17H,4-9,12H2,1-3H3,(H,21,22);1H. The molecule has 2 heterocycles. The van der Waals surface area contributed by atoms with Crippen molar-refractivity contribution in [2.75, 3.05) is 20.7 Å². The molecule has 1 N–H and O–H groups in total. The summed E-state index contributed by atoms with van der Waals surface area (Å²) in [6.45, 7) is 1.77. The molecule has 1 aromatic heterocycles. The van der Waals surface area contributed by atoms with E-state index < -0.39 is 0 Å². The molecule has 1 spiro atoms. The topological polar surface area (TPSA) is 41.8 Å². The van der Waals surface area contributed by atoms with Crippen LogP contribution < -0.4 is 5.32 Å². The molecule has 2 saturated carbocycles. The van der Waals surface area contributed by atoms with Crippen LogP contribution in [0.4, 0.5) is 0 Å². The van der Waals surface area contributed by atoms with Crippen molar-refractivity contribution in [2.45, 2.75) is 50.8 Å². The van der Waals surface area contributed by atoms with Crippen LogP contribution in [0.25, 0.3) is 0 Å². The van der Waals surface area contributed by atoms with E-state index in [1.54, 1.807) is 0 Å². The van der Waals surface area contributed by atoms with Gasteiger partial charge in [0, 0.05) is 61.5 Å². The van der Waals surface area contributed by atoms with Crippen LogP contribution in [-0.2, 0) is 18.3 Å². The molecule has 146 valence electrons. The Morgan fingerprint density at radius 3 is 2.81 bits per heavy atom. The average Bonchev–Trinajstić information content (AvgIpc) is 3.28. The SMILES string of the molecule is CN=C(NC1C2CCOC2C12CCCC2)N(C)Cc1cc(Br)cn1C.I. The minimum Gasteiger partial charge on any atom is -0.377 e. The summed E-state index contributed by atoms with van der Waals surface area (Å²) in [6.07, 6.45) is 9.07. The summed E-state index contributed by atoms with van der Waals surface area (Å²) in [5.41, 5.74) is 1.62. The molecule has 3 aliphatic rings. The number of fused-ring (bicyclic) bond motifs is 2. The van der Waals surface area contributed by atoms with Gasteiger partial charge in [0.1, 0.15) is 0 Å². The van der Waals surface area contributed by atoms with Crippen LogP contribution in [0.15, 0.2) is 21.7 Å². The molecule has 0 bridgehead atoms. The van der Waals surface area contributed by atoms with Crippen LogP contribution in [-0.4, -0.2) is 48.3 Å². The quantitative estimate of drug-likeness (QED) is 0.363. The highest BCUT2D eigenvalue weighted by molar-refractivity contribution is 14.0. The fourth-order valence-corrected chi connectivity index (χ4v) is 6.00. The largest absolute Gasteiger partial charge is 0.377 e. The Labute approximate surface area is 182 Å². The lowest BCUT2D eigenvalue weighted by atomic mass is 9.54. The molecule has 0 radical (unpaired) electrons. The summed E-state index contributed by atoms with van der Waals surface area (Å²) in [7, 11) is 6.10. The fourth-order valence-electron chi connectivity index (χ4n) is 5.43. The first-order valence-corrected chi connectivity index (χ1v) is 10.2. The Morgan fingerprint density at radius 1 is 1.46 bits per heavy atom. The van der Waals surface area contributed by atoms with Gasteiger partial charge in [-0.2, -0.15) is 0 Å². The van der Waals surface area contributed by atoms with E-state index in [-0.39, 0.29) is 24.0 Å². The van der Waals surface area contributed by atoms with Crippen LogP contribution in [0, 0.1) is 11.3 Å². The Balaban J connectivity index is 0.00000196. The second-order valence-corrected chi connectivity index (χ2v) is 8.89. The number of ether oxygens (including phenoxy) is 1. The predicted molar refractivity (Wildman–Crippen MR) is 119 cm³/mol. The normalized spacial score (nSPS) is 29.2. The van der Waals surface area contributed by atoms with Gasteiger partial charge >= 0.3 is 0 Å². The summed E-state index contributed by atoms with van der Waals surface area (Å²) in [5.74, 6) is 1.66. The number of nitrogens with one attached hydrogen (secondary N) is 1. The maximum Gasteiger partial charge on any atom is 0.193 e. The van der Waals surface area contributed by atoms with Crippen molar-refractivity contribution in [3.05, 3.63) is 22.4 Å². The molecule has 4 rings (SSSR count). The molecular weight excluding hydrogens is 507 g/mol. The summed E-state index contributed by atoms with van der Waals surface area (Å²) in [5, 5.41) is 3.83. The van der Waals surface area contributed by atoms with Gasteiger partial charge in [-0.15, -0.1) is 24.0 Å². The Morgan fingerprint density at radius 2 is 2.19 bits per heavy atom. The lowest BCUT2D eigenvalue weighted by Gasteiger charge is -2.57. The average molecular weight is 537 g/mol.